The van der Waals surface area contributed by atoms with Crippen LogP contribution in [0.15, 0.2) is 90.1 Å². The molecule has 0 aliphatic carbocycles. The number of pyridine rings is 1. The van der Waals surface area contributed by atoms with E-state index in [4.69, 9.17) is 21.9 Å². The number of carbonyl (C=O) groups excluding carboxylic acids is 1. The second kappa shape index (κ2) is 11.3. The monoisotopic (exact) mass is 593 g/mol. The van der Waals surface area contributed by atoms with Crippen molar-refractivity contribution in [3.63, 3.8) is 0 Å². The third-order valence-electron chi connectivity index (χ3n) is 7.32. The van der Waals surface area contributed by atoms with Crippen molar-refractivity contribution in [2.75, 3.05) is 11.1 Å². The van der Waals surface area contributed by atoms with Gasteiger partial charge in [-0.2, -0.15) is 0 Å². The first-order valence-electron chi connectivity index (χ1n) is 13.7. The summed E-state index contributed by atoms with van der Waals surface area (Å²) in [5.74, 6) is -0.0302. The molecule has 0 bridgehead atoms. The van der Waals surface area contributed by atoms with Gasteiger partial charge in [0, 0.05) is 29.0 Å². The molecule has 212 valence electrons. The summed E-state index contributed by atoms with van der Waals surface area (Å²) >= 11 is 7.36. The van der Waals surface area contributed by atoms with E-state index < -0.39 is 5.60 Å². The van der Waals surface area contributed by atoms with Crippen LogP contribution in [0.3, 0.4) is 0 Å². The van der Waals surface area contributed by atoms with Gasteiger partial charge >= 0.3 is 0 Å². The highest BCUT2D eigenvalue weighted by Gasteiger charge is 2.31. The van der Waals surface area contributed by atoms with Crippen LogP contribution in [-0.4, -0.2) is 31.4 Å². The number of rotatable bonds is 6. The molecule has 9 heteroatoms. The van der Waals surface area contributed by atoms with Crippen molar-refractivity contribution in [1.29, 1.82) is 5.41 Å². The Bertz CT molecular complexity index is 1920. The van der Waals surface area contributed by atoms with Crippen molar-refractivity contribution >= 4 is 46.6 Å². The first kappa shape index (κ1) is 28.1. The van der Waals surface area contributed by atoms with Crippen molar-refractivity contribution in [1.82, 2.24) is 14.1 Å². The number of aryl methyl sites for hydroxylation is 1. The Morgan fingerprint density at radius 2 is 1.60 bits per heavy atom. The van der Waals surface area contributed by atoms with E-state index in [0.29, 0.717) is 34.0 Å². The summed E-state index contributed by atoms with van der Waals surface area (Å²) in [6, 6.07) is 27.3. The van der Waals surface area contributed by atoms with E-state index in [1.54, 1.807) is 0 Å². The van der Waals surface area contributed by atoms with Gasteiger partial charge in [-0.1, -0.05) is 78.1 Å². The van der Waals surface area contributed by atoms with E-state index in [9.17, 15) is 10.2 Å². The number of nitrogens with one attached hydrogen (secondary N) is 2. The molecular weight excluding hydrogens is 563 g/mol. The van der Waals surface area contributed by atoms with E-state index >= 15 is 0 Å². The predicted molar refractivity (Wildman–Crippen MR) is 170 cm³/mol. The number of ether oxygens (including phenoxy) is 1. The summed E-state index contributed by atoms with van der Waals surface area (Å²) in [6.07, 6.45) is 0.603. The highest BCUT2D eigenvalue weighted by Crippen LogP contribution is 2.35. The summed E-state index contributed by atoms with van der Waals surface area (Å²) < 4.78 is 10.6. The highest BCUT2D eigenvalue weighted by atomic mass is 32.2. The number of amides is 1. The number of benzene rings is 3. The molecule has 0 saturated carbocycles. The standard InChI is InChI=1S/C33H31N5O2S2/c1-21-14-16-22(17-15-21)35-27(39)20-42-32-36-30-28(29(34)37(32)23-10-6-4-7-11-23)25-18-33(2,3)40-19-26(25)31(41)38(30)24-12-8-5-9-13-24/h4-17,34H,18-20H2,1-3H3,(H,35,39). The zero-order valence-corrected chi connectivity index (χ0v) is 25.3. The lowest BCUT2D eigenvalue weighted by Gasteiger charge is -2.33. The van der Waals surface area contributed by atoms with E-state index in [2.05, 4.69) is 19.2 Å². The fourth-order valence-electron chi connectivity index (χ4n) is 5.24. The Balaban J connectivity index is 1.56. The van der Waals surface area contributed by atoms with Crippen molar-refractivity contribution in [3.8, 4) is 11.4 Å². The largest absolute Gasteiger partial charge is 0.370 e. The molecule has 7 nitrogen and oxygen atoms in total. The summed E-state index contributed by atoms with van der Waals surface area (Å²) in [5.41, 5.74) is 5.91. The van der Waals surface area contributed by atoms with Crippen LogP contribution in [0.1, 0.15) is 30.5 Å². The van der Waals surface area contributed by atoms with Crippen LogP contribution in [-0.2, 0) is 22.6 Å². The fourth-order valence-corrected chi connectivity index (χ4v) is 6.43. The Morgan fingerprint density at radius 3 is 2.24 bits per heavy atom. The molecule has 3 heterocycles. The van der Waals surface area contributed by atoms with Crippen LogP contribution in [0.4, 0.5) is 5.69 Å². The fraction of sp³-hybridized carbons (Fsp3) is 0.212. The highest BCUT2D eigenvalue weighted by molar-refractivity contribution is 7.99. The molecule has 1 aliphatic heterocycles. The molecule has 0 radical (unpaired) electrons. The van der Waals surface area contributed by atoms with Gasteiger partial charge in [0.15, 0.2) is 10.8 Å². The number of fused-ring (bicyclic) bond motifs is 3. The molecule has 0 spiro atoms. The number of hydrogen-bond acceptors (Lipinski definition) is 6. The third kappa shape index (κ3) is 5.43. The molecule has 0 fully saturated rings. The Kier molecular flexibility index (Phi) is 7.57. The number of anilines is 1. The van der Waals surface area contributed by atoms with Gasteiger partial charge in [0.05, 0.1) is 23.3 Å². The molecule has 0 unspecified atom stereocenters. The molecule has 6 rings (SSSR count). The van der Waals surface area contributed by atoms with E-state index in [-0.39, 0.29) is 11.7 Å². The number of thioether (sulfide) groups is 1. The maximum absolute atomic E-state index is 13.0. The summed E-state index contributed by atoms with van der Waals surface area (Å²) in [6.45, 7) is 6.49. The number of nitrogens with zero attached hydrogens (tertiary/aromatic N) is 3. The van der Waals surface area contributed by atoms with Gasteiger partial charge in [-0.15, -0.1) is 0 Å². The smallest absolute Gasteiger partial charge is 0.234 e. The quantitative estimate of drug-likeness (QED) is 0.127. The van der Waals surface area contributed by atoms with E-state index in [1.165, 1.54) is 11.8 Å². The molecule has 0 atom stereocenters. The average Bonchev–Trinajstić information content (AvgIpc) is 2.97. The van der Waals surface area contributed by atoms with Crippen molar-refractivity contribution < 1.29 is 9.53 Å². The van der Waals surface area contributed by atoms with Crippen LogP contribution in [0.2, 0.25) is 0 Å². The molecule has 2 aromatic heterocycles. The van der Waals surface area contributed by atoms with Crippen LogP contribution >= 0.6 is 24.0 Å². The minimum Gasteiger partial charge on any atom is -0.370 e. The second-order valence-corrected chi connectivity index (χ2v) is 12.3. The van der Waals surface area contributed by atoms with Crippen LogP contribution in [0.25, 0.3) is 22.4 Å². The molecule has 3 aromatic carbocycles. The van der Waals surface area contributed by atoms with Crippen LogP contribution in [0, 0.1) is 17.0 Å². The molecule has 1 amide bonds. The summed E-state index contributed by atoms with van der Waals surface area (Å²) in [4.78, 5) is 18.2. The number of para-hydroxylation sites is 2. The zero-order valence-electron chi connectivity index (χ0n) is 23.7. The first-order chi connectivity index (χ1) is 20.2. The topological polar surface area (TPSA) is 84.9 Å². The van der Waals surface area contributed by atoms with Gasteiger partial charge in [-0.25, -0.2) is 4.98 Å². The molecule has 5 aromatic rings. The predicted octanol–water partition coefficient (Wildman–Crippen LogP) is 6.92. The maximum Gasteiger partial charge on any atom is 0.234 e. The number of carbonyl (C=O) groups is 1. The average molecular weight is 594 g/mol. The Hall–Kier alpha value is -4.05. The van der Waals surface area contributed by atoms with E-state index in [1.807, 2.05) is 101 Å². The Morgan fingerprint density at radius 1 is 0.976 bits per heavy atom. The van der Waals surface area contributed by atoms with Gasteiger partial charge in [-0.3, -0.25) is 19.3 Å². The normalized spacial score (nSPS) is 14.0. The van der Waals surface area contributed by atoms with E-state index in [0.717, 1.165) is 39.1 Å². The lowest BCUT2D eigenvalue weighted by atomic mass is 9.90. The van der Waals surface area contributed by atoms with Gasteiger partial charge in [0.2, 0.25) is 5.91 Å². The lowest BCUT2D eigenvalue weighted by molar-refractivity contribution is -0.113. The van der Waals surface area contributed by atoms with Gasteiger partial charge in [0.25, 0.3) is 0 Å². The first-order valence-corrected chi connectivity index (χ1v) is 15.1. The third-order valence-corrected chi connectivity index (χ3v) is 8.69. The van der Waals surface area contributed by atoms with Crippen LogP contribution in [0.5, 0.6) is 0 Å². The molecule has 1 aliphatic rings. The van der Waals surface area contributed by atoms with Crippen molar-refractivity contribution in [2.24, 2.45) is 0 Å². The minimum absolute atomic E-state index is 0.122. The van der Waals surface area contributed by atoms with Crippen LogP contribution < -0.4 is 10.8 Å². The van der Waals surface area contributed by atoms with Gasteiger partial charge < -0.3 is 10.1 Å². The minimum atomic E-state index is -0.411. The van der Waals surface area contributed by atoms with Crippen molar-refractivity contribution in [3.05, 3.63) is 112 Å². The Labute approximate surface area is 253 Å². The molecule has 42 heavy (non-hydrogen) atoms. The van der Waals surface area contributed by atoms with Crippen molar-refractivity contribution in [2.45, 2.75) is 44.6 Å². The van der Waals surface area contributed by atoms with Gasteiger partial charge in [-0.05, 0) is 62.7 Å². The lowest BCUT2D eigenvalue weighted by Crippen LogP contribution is -2.35. The molecular formula is C33H31N5O2S2. The van der Waals surface area contributed by atoms with Gasteiger partial charge in [0.1, 0.15) is 10.1 Å². The summed E-state index contributed by atoms with van der Waals surface area (Å²) in [7, 11) is 0. The molecule has 0 saturated heterocycles. The SMILES string of the molecule is Cc1ccc(NC(=O)CSc2nc3c(c4c(c(=S)n3-c3ccccc3)COC(C)(C)C4)c(=N)n2-c2ccccc2)cc1. The summed E-state index contributed by atoms with van der Waals surface area (Å²) in [5, 5.41) is 13.9. The number of aromatic nitrogens is 3. The maximum atomic E-state index is 13.0. The second-order valence-electron chi connectivity index (χ2n) is 11.0. The number of hydrogen-bond donors (Lipinski definition) is 2. The zero-order chi connectivity index (χ0) is 29.4. The molecule has 2 N–H and O–H groups in total.